The molecular weight excluding hydrogens is 518 g/mol. The normalized spacial score (nSPS) is 12.7. The van der Waals surface area contributed by atoms with Crippen LogP contribution in [0.3, 0.4) is 0 Å². The molecule has 4 rings (SSSR count). The molecule has 12 heteroatoms. The fraction of sp³-hybridized carbons (Fsp3) is 0. The second-order valence-corrected chi connectivity index (χ2v) is 8.16. The Labute approximate surface area is 205 Å². The zero-order chi connectivity index (χ0) is 24.0. The first kappa shape index (κ1) is 23.0. The number of hydrogen-bond donors (Lipinski definition) is 0. The Morgan fingerprint density at radius 1 is 0.848 bits per heavy atom. The number of benzene rings is 3. The molecule has 0 spiro atoms. The molecule has 1 aliphatic rings. The molecule has 0 atom stereocenters. The van der Waals surface area contributed by atoms with Gasteiger partial charge in [0.1, 0.15) is 5.75 Å². The van der Waals surface area contributed by atoms with Gasteiger partial charge in [0.15, 0.2) is 0 Å². The second-order valence-electron chi connectivity index (χ2n) is 6.65. The molecule has 33 heavy (non-hydrogen) atoms. The highest BCUT2D eigenvalue weighted by Gasteiger charge is 2.42. The molecule has 3 aromatic carbocycles. The summed E-state index contributed by atoms with van der Waals surface area (Å²) < 4.78 is 5.26. The van der Waals surface area contributed by atoms with Crippen LogP contribution >= 0.6 is 46.4 Å². The number of imide groups is 1. The number of nitrogens with zero attached hydrogens (tertiary/aromatic N) is 2. The van der Waals surface area contributed by atoms with Gasteiger partial charge in [0, 0.05) is 18.2 Å². The van der Waals surface area contributed by atoms with Crippen LogP contribution in [0.2, 0.25) is 20.1 Å². The van der Waals surface area contributed by atoms with Crippen LogP contribution in [0.5, 0.6) is 5.75 Å². The van der Waals surface area contributed by atoms with Crippen molar-refractivity contribution in [2.45, 2.75) is 0 Å². The lowest BCUT2D eigenvalue weighted by Gasteiger charge is -2.15. The largest absolute Gasteiger partial charge is 0.423 e. The Morgan fingerprint density at radius 2 is 1.42 bits per heavy atom. The Hall–Kier alpha value is -3.17. The van der Waals surface area contributed by atoms with Crippen LogP contribution in [-0.2, 0) is 0 Å². The van der Waals surface area contributed by atoms with Crippen molar-refractivity contribution in [3.63, 3.8) is 0 Å². The number of non-ortho nitro benzene ring substituents is 1. The highest BCUT2D eigenvalue weighted by molar-refractivity contribution is 6.56. The minimum Gasteiger partial charge on any atom is -0.423 e. The fourth-order valence-electron chi connectivity index (χ4n) is 3.18. The van der Waals surface area contributed by atoms with Gasteiger partial charge in [0.2, 0.25) is 0 Å². The lowest BCUT2D eigenvalue weighted by Crippen LogP contribution is -2.29. The zero-order valence-electron chi connectivity index (χ0n) is 16.0. The average molecular weight is 526 g/mol. The summed E-state index contributed by atoms with van der Waals surface area (Å²) in [6.45, 7) is 0. The number of nitro benzene ring substituents is 1. The van der Waals surface area contributed by atoms with Gasteiger partial charge in [0.25, 0.3) is 17.5 Å². The minimum absolute atomic E-state index is 0.0196. The first-order chi connectivity index (χ1) is 15.6. The van der Waals surface area contributed by atoms with E-state index >= 15 is 0 Å². The van der Waals surface area contributed by atoms with Crippen LogP contribution in [0, 0.1) is 10.1 Å². The maximum Gasteiger partial charge on any atom is 0.343 e. The van der Waals surface area contributed by atoms with Crippen molar-refractivity contribution >= 4 is 75.6 Å². The maximum atomic E-state index is 13.0. The summed E-state index contributed by atoms with van der Waals surface area (Å²) in [5.41, 5.74) is -0.668. The van der Waals surface area contributed by atoms with E-state index in [9.17, 15) is 24.5 Å². The molecule has 0 saturated heterocycles. The molecule has 0 bridgehead atoms. The molecule has 1 heterocycles. The van der Waals surface area contributed by atoms with Crippen molar-refractivity contribution < 1.29 is 24.0 Å². The van der Waals surface area contributed by atoms with E-state index in [0.29, 0.717) is 0 Å². The van der Waals surface area contributed by atoms with Crippen LogP contribution in [0.15, 0.2) is 48.5 Å². The maximum absolute atomic E-state index is 13.0. The van der Waals surface area contributed by atoms with Gasteiger partial charge in [-0.05, 0) is 18.2 Å². The van der Waals surface area contributed by atoms with Crippen LogP contribution in [0.4, 0.5) is 11.4 Å². The van der Waals surface area contributed by atoms with Gasteiger partial charge in [-0.15, -0.1) is 0 Å². The van der Waals surface area contributed by atoms with E-state index in [0.717, 1.165) is 11.0 Å². The third-order valence-electron chi connectivity index (χ3n) is 4.68. The molecule has 8 nitrogen and oxygen atoms in total. The molecule has 0 radical (unpaired) electrons. The van der Waals surface area contributed by atoms with Crippen molar-refractivity contribution in [1.82, 2.24) is 0 Å². The minimum atomic E-state index is -0.872. The van der Waals surface area contributed by atoms with Crippen molar-refractivity contribution in [1.29, 1.82) is 0 Å². The number of carbonyl (C=O) groups excluding carboxylic acids is 3. The predicted octanol–water partition coefficient (Wildman–Crippen LogP) is 6.23. The average Bonchev–Trinajstić information content (AvgIpc) is 3.06. The molecule has 0 aliphatic carbocycles. The number of halogens is 4. The standard InChI is InChI=1S/C21H8Cl4N2O6/c22-15-13-14(16(23)18(25)17(15)24)20(29)26(19(13)28)10-4-2-6-12(8-10)33-21(30)9-3-1-5-11(7-9)27(31)32/h1-8H. The first-order valence-corrected chi connectivity index (χ1v) is 10.4. The number of rotatable bonds is 4. The Kier molecular flexibility index (Phi) is 6.02. The Bertz CT molecular complexity index is 1340. The summed E-state index contributed by atoms with van der Waals surface area (Å²) in [4.78, 5) is 49.5. The third kappa shape index (κ3) is 3.91. The topological polar surface area (TPSA) is 107 Å². The molecule has 166 valence electrons. The number of hydrogen-bond acceptors (Lipinski definition) is 6. The monoisotopic (exact) mass is 524 g/mol. The zero-order valence-corrected chi connectivity index (χ0v) is 19.0. The van der Waals surface area contributed by atoms with E-state index in [4.69, 9.17) is 51.1 Å². The summed E-state index contributed by atoms with van der Waals surface area (Å²) in [7, 11) is 0. The molecular formula is C21H8Cl4N2O6. The number of esters is 1. The SMILES string of the molecule is O=C(Oc1cccc(N2C(=O)c3c(Cl)c(Cl)c(Cl)c(Cl)c3C2=O)c1)c1cccc([N+](=O)[O-])c1. The van der Waals surface area contributed by atoms with E-state index in [1.54, 1.807) is 0 Å². The van der Waals surface area contributed by atoms with E-state index in [1.165, 1.54) is 42.5 Å². The number of amides is 2. The third-order valence-corrected chi connectivity index (χ3v) is 6.48. The predicted molar refractivity (Wildman–Crippen MR) is 122 cm³/mol. The number of fused-ring (bicyclic) bond motifs is 1. The second kappa shape index (κ2) is 8.64. The highest BCUT2D eigenvalue weighted by atomic mass is 35.5. The van der Waals surface area contributed by atoms with E-state index in [1.807, 2.05) is 0 Å². The molecule has 3 aromatic rings. The summed E-state index contributed by atoms with van der Waals surface area (Å²) in [5, 5.41) is 10.2. The summed E-state index contributed by atoms with van der Waals surface area (Å²) in [6, 6.07) is 10.5. The number of carbonyl (C=O) groups is 3. The van der Waals surface area contributed by atoms with Crippen LogP contribution in [0.1, 0.15) is 31.1 Å². The molecule has 0 N–H and O–H groups in total. The van der Waals surface area contributed by atoms with E-state index in [2.05, 4.69) is 0 Å². The van der Waals surface area contributed by atoms with Gasteiger partial charge in [-0.1, -0.05) is 58.5 Å². The van der Waals surface area contributed by atoms with Crippen molar-refractivity contribution in [3.05, 3.63) is 95.4 Å². The van der Waals surface area contributed by atoms with Crippen LogP contribution < -0.4 is 9.64 Å². The molecule has 0 saturated carbocycles. The molecule has 2 amide bonds. The lowest BCUT2D eigenvalue weighted by atomic mass is 10.1. The van der Waals surface area contributed by atoms with Gasteiger partial charge in [-0.25, -0.2) is 9.69 Å². The smallest absolute Gasteiger partial charge is 0.343 e. The van der Waals surface area contributed by atoms with Gasteiger partial charge in [-0.3, -0.25) is 19.7 Å². The summed E-state index contributed by atoms with van der Waals surface area (Å²) in [6.07, 6.45) is 0. The van der Waals surface area contributed by atoms with Crippen molar-refractivity contribution in [3.8, 4) is 5.75 Å². The van der Waals surface area contributed by atoms with Gasteiger partial charge < -0.3 is 4.74 Å². The Morgan fingerprint density at radius 3 is 2.00 bits per heavy atom. The molecule has 0 fully saturated rings. The van der Waals surface area contributed by atoms with E-state index < -0.39 is 22.7 Å². The van der Waals surface area contributed by atoms with Crippen LogP contribution in [0.25, 0.3) is 0 Å². The van der Waals surface area contributed by atoms with Gasteiger partial charge in [-0.2, -0.15) is 0 Å². The van der Waals surface area contributed by atoms with Crippen molar-refractivity contribution in [2.75, 3.05) is 4.90 Å². The lowest BCUT2D eigenvalue weighted by molar-refractivity contribution is -0.384. The first-order valence-electron chi connectivity index (χ1n) is 8.93. The van der Waals surface area contributed by atoms with Crippen molar-refractivity contribution in [2.24, 2.45) is 0 Å². The fourth-order valence-corrected chi connectivity index (χ4v) is 4.20. The number of anilines is 1. The van der Waals surface area contributed by atoms with Crippen LogP contribution in [-0.4, -0.2) is 22.7 Å². The van der Waals surface area contributed by atoms with E-state index in [-0.39, 0.29) is 53.9 Å². The van der Waals surface area contributed by atoms with Gasteiger partial charge >= 0.3 is 5.97 Å². The molecule has 1 aliphatic heterocycles. The highest BCUT2D eigenvalue weighted by Crippen LogP contribution is 2.45. The number of ether oxygens (including phenoxy) is 1. The quantitative estimate of drug-likeness (QED) is 0.0760. The number of nitro groups is 1. The Balaban J connectivity index is 1.67. The molecule has 0 aromatic heterocycles. The summed E-state index contributed by atoms with van der Waals surface area (Å²) in [5.74, 6) is -2.47. The molecule has 0 unspecified atom stereocenters. The van der Waals surface area contributed by atoms with Gasteiger partial charge in [0.05, 0.1) is 47.4 Å². The summed E-state index contributed by atoms with van der Waals surface area (Å²) >= 11 is 24.3.